The Bertz CT molecular complexity index is 1140. The van der Waals surface area contributed by atoms with Gasteiger partial charge in [0.25, 0.3) is 0 Å². The lowest BCUT2D eigenvalue weighted by Crippen LogP contribution is -2.24. The number of hydrazone groups is 1. The highest BCUT2D eigenvalue weighted by molar-refractivity contribution is 6.02. The molecule has 0 aromatic heterocycles. The summed E-state index contributed by atoms with van der Waals surface area (Å²) in [5, 5.41) is 7.31. The molecule has 0 radical (unpaired) electrons. The van der Waals surface area contributed by atoms with Gasteiger partial charge in [0.05, 0.1) is 17.4 Å². The van der Waals surface area contributed by atoms with E-state index in [0.29, 0.717) is 0 Å². The third kappa shape index (κ3) is 5.48. The number of benzene rings is 3. The van der Waals surface area contributed by atoms with Crippen LogP contribution < -0.4 is 14.8 Å². The number of hydrogen-bond donors (Lipinski definition) is 0. The summed E-state index contributed by atoms with van der Waals surface area (Å²) in [7, 11) is 0. The highest BCUT2D eigenvalue weighted by atomic mass is 15.5. The summed E-state index contributed by atoms with van der Waals surface area (Å²) in [5.41, 5.74) is 7.25. The first kappa shape index (κ1) is 25.6. The van der Waals surface area contributed by atoms with Crippen molar-refractivity contribution in [3.05, 3.63) is 96.1 Å². The third-order valence-electron chi connectivity index (χ3n) is 7.28. The van der Waals surface area contributed by atoms with Crippen molar-refractivity contribution in [1.82, 2.24) is 0 Å². The average molecular weight is 481 g/mol. The molecular formula is C32H40N4. The van der Waals surface area contributed by atoms with Crippen LogP contribution in [-0.2, 0) is 0 Å². The zero-order valence-corrected chi connectivity index (χ0v) is 22.4. The summed E-state index contributed by atoms with van der Waals surface area (Å²) in [4.78, 5) is 4.75. The molecule has 0 spiro atoms. The summed E-state index contributed by atoms with van der Waals surface area (Å²) >= 11 is 0. The van der Waals surface area contributed by atoms with E-state index in [2.05, 4.69) is 140 Å². The standard InChI is InChI=1S/C32H40N4/c1-6-34(7-2)28-20-15-26(16-21-28)17-24-31-25(5)32(36(33-31)30-13-11-10-12-14-30)27-18-22-29(23-19-27)35(8-3)9-4/h10-25,32H,6-9H2,1-5H3. The van der Waals surface area contributed by atoms with Crippen molar-refractivity contribution in [3.63, 3.8) is 0 Å². The summed E-state index contributed by atoms with van der Waals surface area (Å²) in [6, 6.07) is 28.6. The second kappa shape index (κ2) is 11.9. The monoisotopic (exact) mass is 480 g/mol. The van der Waals surface area contributed by atoms with Gasteiger partial charge in [0.1, 0.15) is 0 Å². The maximum atomic E-state index is 5.12. The number of allylic oxidation sites excluding steroid dienone is 1. The molecule has 1 heterocycles. The van der Waals surface area contributed by atoms with Gasteiger partial charge in [-0.25, -0.2) is 0 Å². The molecule has 0 saturated carbocycles. The van der Waals surface area contributed by atoms with Crippen LogP contribution in [-0.4, -0.2) is 31.9 Å². The Morgan fingerprint density at radius 2 is 1.22 bits per heavy atom. The Morgan fingerprint density at radius 1 is 0.694 bits per heavy atom. The van der Waals surface area contributed by atoms with Gasteiger partial charge >= 0.3 is 0 Å². The maximum Gasteiger partial charge on any atom is 0.0857 e. The molecule has 3 aromatic rings. The molecule has 0 saturated heterocycles. The van der Waals surface area contributed by atoms with Crippen LogP contribution in [0.25, 0.3) is 6.08 Å². The molecule has 0 fully saturated rings. The predicted molar refractivity (Wildman–Crippen MR) is 157 cm³/mol. The van der Waals surface area contributed by atoms with Crippen LogP contribution in [0.4, 0.5) is 17.1 Å². The van der Waals surface area contributed by atoms with Crippen molar-refractivity contribution < 1.29 is 0 Å². The van der Waals surface area contributed by atoms with E-state index < -0.39 is 0 Å². The lowest BCUT2D eigenvalue weighted by molar-refractivity contribution is 0.589. The van der Waals surface area contributed by atoms with Gasteiger partial charge in [-0.3, -0.25) is 5.01 Å². The van der Waals surface area contributed by atoms with Gasteiger partial charge in [0.15, 0.2) is 0 Å². The van der Waals surface area contributed by atoms with E-state index in [-0.39, 0.29) is 12.0 Å². The number of anilines is 3. The van der Waals surface area contributed by atoms with E-state index >= 15 is 0 Å². The highest BCUT2D eigenvalue weighted by Gasteiger charge is 2.35. The number of para-hydroxylation sites is 1. The molecule has 0 amide bonds. The van der Waals surface area contributed by atoms with E-state index in [0.717, 1.165) is 37.6 Å². The zero-order chi connectivity index (χ0) is 25.5. The fraction of sp³-hybridized carbons (Fsp3) is 0.344. The maximum absolute atomic E-state index is 5.12. The molecule has 36 heavy (non-hydrogen) atoms. The Labute approximate surface area is 217 Å². The second-order valence-corrected chi connectivity index (χ2v) is 9.30. The molecule has 0 bridgehead atoms. The molecule has 3 aromatic carbocycles. The van der Waals surface area contributed by atoms with Gasteiger partial charge in [0.2, 0.25) is 0 Å². The van der Waals surface area contributed by atoms with E-state index in [4.69, 9.17) is 5.10 Å². The SMILES string of the molecule is CCN(CC)c1ccc(C=CC2=NN(c3ccccc3)C(c3ccc(N(CC)CC)cc3)C2C)cc1. The van der Waals surface area contributed by atoms with Crippen molar-refractivity contribution in [2.75, 3.05) is 41.0 Å². The minimum atomic E-state index is 0.155. The molecule has 0 aliphatic carbocycles. The smallest absolute Gasteiger partial charge is 0.0857 e. The van der Waals surface area contributed by atoms with Crippen LogP contribution in [0.2, 0.25) is 0 Å². The summed E-state index contributed by atoms with van der Waals surface area (Å²) in [5.74, 6) is 0.260. The van der Waals surface area contributed by atoms with Crippen molar-refractivity contribution in [2.45, 2.75) is 40.7 Å². The molecule has 2 unspecified atom stereocenters. The summed E-state index contributed by atoms with van der Waals surface area (Å²) in [6.07, 6.45) is 4.38. The first-order chi connectivity index (χ1) is 17.6. The van der Waals surface area contributed by atoms with E-state index in [1.807, 2.05) is 0 Å². The van der Waals surface area contributed by atoms with Gasteiger partial charge in [-0.15, -0.1) is 0 Å². The van der Waals surface area contributed by atoms with Crippen molar-refractivity contribution in [1.29, 1.82) is 0 Å². The van der Waals surface area contributed by atoms with Gasteiger partial charge in [-0.1, -0.05) is 55.5 Å². The van der Waals surface area contributed by atoms with Crippen LogP contribution in [0.15, 0.2) is 90.0 Å². The molecule has 1 aliphatic rings. The van der Waals surface area contributed by atoms with Gasteiger partial charge in [-0.2, -0.15) is 5.10 Å². The minimum absolute atomic E-state index is 0.155. The van der Waals surface area contributed by atoms with E-state index in [1.165, 1.54) is 22.5 Å². The van der Waals surface area contributed by atoms with Crippen LogP contribution in [0.1, 0.15) is 51.8 Å². The Kier molecular flexibility index (Phi) is 8.48. The molecule has 0 N–H and O–H groups in total. The van der Waals surface area contributed by atoms with Crippen molar-refractivity contribution >= 4 is 28.8 Å². The van der Waals surface area contributed by atoms with E-state index in [9.17, 15) is 0 Å². The molecular weight excluding hydrogens is 440 g/mol. The second-order valence-electron chi connectivity index (χ2n) is 9.30. The third-order valence-corrected chi connectivity index (χ3v) is 7.28. The molecule has 4 heteroatoms. The minimum Gasteiger partial charge on any atom is -0.372 e. The lowest BCUT2D eigenvalue weighted by Gasteiger charge is -2.28. The Morgan fingerprint density at radius 3 is 1.75 bits per heavy atom. The first-order valence-corrected chi connectivity index (χ1v) is 13.4. The number of rotatable bonds is 10. The normalized spacial score (nSPS) is 17.5. The van der Waals surface area contributed by atoms with Crippen LogP contribution in [0.3, 0.4) is 0 Å². The Hall–Kier alpha value is -3.53. The van der Waals surface area contributed by atoms with Gasteiger partial charge in [0, 0.05) is 43.5 Å². The molecule has 4 nitrogen and oxygen atoms in total. The highest BCUT2D eigenvalue weighted by Crippen LogP contribution is 2.39. The predicted octanol–water partition coefficient (Wildman–Crippen LogP) is 7.65. The van der Waals surface area contributed by atoms with Crippen LogP contribution in [0, 0.1) is 5.92 Å². The van der Waals surface area contributed by atoms with Gasteiger partial charge in [-0.05, 0) is 81.3 Å². The topological polar surface area (TPSA) is 22.1 Å². The fourth-order valence-corrected chi connectivity index (χ4v) is 5.10. The summed E-state index contributed by atoms with van der Waals surface area (Å²) in [6.45, 7) is 15.2. The number of hydrogen-bond acceptors (Lipinski definition) is 4. The average Bonchev–Trinajstić information content (AvgIpc) is 3.26. The molecule has 4 rings (SSSR count). The van der Waals surface area contributed by atoms with Crippen molar-refractivity contribution in [2.24, 2.45) is 11.0 Å². The summed E-state index contributed by atoms with van der Waals surface area (Å²) < 4.78 is 0. The van der Waals surface area contributed by atoms with E-state index in [1.54, 1.807) is 0 Å². The van der Waals surface area contributed by atoms with Crippen LogP contribution in [0.5, 0.6) is 0 Å². The van der Waals surface area contributed by atoms with Gasteiger partial charge < -0.3 is 9.80 Å². The first-order valence-electron chi connectivity index (χ1n) is 13.4. The number of nitrogens with zero attached hydrogens (tertiary/aromatic N) is 4. The lowest BCUT2D eigenvalue weighted by atomic mass is 9.90. The molecule has 2 atom stereocenters. The fourth-order valence-electron chi connectivity index (χ4n) is 5.10. The quantitative estimate of drug-likeness (QED) is 0.298. The van der Waals surface area contributed by atoms with Crippen LogP contribution >= 0.6 is 0 Å². The largest absolute Gasteiger partial charge is 0.372 e. The Balaban J connectivity index is 1.60. The molecule has 1 aliphatic heterocycles. The zero-order valence-electron chi connectivity index (χ0n) is 22.4. The van der Waals surface area contributed by atoms with Crippen molar-refractivity contribution in [3.8, 4) is 0 Å². The molecule has 188 valence electrons.